The van der Waals surface area contributed by atoms with Crippen LogP contribution in [-0.4, -0.2) is 45.9 Å². The molecule has 0 spiro atoms. The van der Waals surface area contributed by atoms with E-state index < -0.39 is 0 Å². The SMILES string of the molecule is CSCC[C@@H](CO)NC(=O)Cc1n[nH]c(=O)c2ccccc12. The van der Waals surface area contributed by atoms with Crippen molar-refractivity contribution in [1.82, 2.24) is 15.5 Å². The highest BCUT2D eigenvalue weighted by molar-refractivity contribution is 7.98. The number of nitrogens with one attached hydrogen (secondary N) is 2. The summed E-state index contributed by atoms with van der Waals surface area (Å²) in [6.45, 7) is -0.0912. The third kappa shape index (κ3) is 4.08. The molecule has 6 nitrogen and oxygen atoms in total. The molecule has 1 amide bonds. The third-order valence-electron chi connectivity index (χ3n) is 3.36. The summed E-state index contributed by atoms with van der Waals surface area (Å²) in [6.07, 6.45) is 2.75. The van der Waals surface area contributed by atoms with E-state index in [0.29, 0.717) is 22.9 Å². The normalized spacial score (nSPS) is 12.3. The molecule has 7 heteroatoms. The van der Waals surface area contributed by atoms with E-state index in [-0.39, 0.29) is 30.5 Å². The van der Waals surface area contributed by atoms with E-state index in [1.807, 2.05) is 6.26 Å². The van der Waals surface area contributed by atoms with Crippen LogP contribution in [0.4, 0.5) is 0 Å². The van der Waals surface area contributed by atoms with Gasteiger partial charge in [-0.15, -0.1) is 0 Å². The first kappa shape index (κ1) is 16.5. The van der Waals surface area contributed by atoms with Crippen LogP contribution < -0.4 is 10.9 Å². The number of H-pyrrole nitrogens is 1. The summed E-state index contributed by atoms with van der Waals surface area (Å²) in [7, 11) is 0. The number of hydrogen-bond donors (Lipinski definition) is 3. The van der Waals surface area contributed by atoms with Gasteiger partial charge in [0, 0.05) is 5.39 Å². The topological polar surface area (TPSA) is 95.1 Å². The van der Waals surface area contributed by atoms with Crippen LogP contribution in [0.3, 0.4) is 0 Å². The maximum absolute atomic E-state index is 12.1. The number of thioether (sulfide) groups is 1. The molecule has 0 fully saturated rings. The van der Waals surface area contributed by atoms with Crippen LogP contribution in [0, 0.1) is 0 Å². The Balaban J connectivity index is 2.12. The predicted octanol–water partition coefficient (Wildman–Crippen LogP) is 0.696. The number of aliphatic hydroxyl groups excluding tert-OH is 1. The summed E-state index contributed by atoms with van der Waals surface area (Å²) in [6, 6.07) is 6.80. The second-order valence-corrected chi connectivity index (χ2v) is 5.94. The number of aromatic amines is 1. The van der Waals surface area contributed by atoms with Gasteiger partial charge in [-0.3, -0.25) is 9.59 Å². The minimum atomic E-state index is -0.270. The zero-order chi connectivity index (χ0) is 15.9. The highest BCUT2D eigenvalue weighted by atomic mass is 32.2. The van der Waals surface area contributed by atoms with Crippen molar-refractivity contribution in [3.05, 3.63) is 40.3 Å². The summed E-state index contributed by atoms with van der Waals surface area (Å²) in [4.78, 5) is 23.8. The van der Waals surface area contributed by atoms with Crippen LogP contribution in [0.2, 0.25) is 0 Å². The second-order valence-electron chi connectivity index (χ2n) is 4.95. The molecule has 0 saturated carbocycles. The average molecular weight is 321 g/mol. The fourth-order valence-corrected chi connectivity index (χ4v) is 2.73. The first-order chi connectivity index (χ1) is 10.7. The van der Waals surface area contributed by atoms with Gasteiger partial charge >= 0.3 is 0 Å². The fourth-order valence-electron chi connectivity index (χ4n) is 2.21. The zero-order valence-corrected chi connectivity index (χ0v) is 13.2. The molecule has 1 aromatic carbocycles. The average Bonchev–Trinajstić information content (AvgIpc) is 2.54. The van der Waals surface area contributed by atoms with Gasteiger partial charge in [0.05, 0.1) is 30.1 Å². The third-order valence-corrected chi connectivity index (χ3v) is 4.00. The molecule has 0 aliphatic heterocycles. The standard InChI is InChI=1S/C15H19N3O3S/c1-22-7-6-10(9-19)16-14(20)8-13-11-4-2-3-5-12(11)15(21)18-17-13/h2-5,10,19H,6-9H2,1H3,(H,16,20)(H,18,21)/t10-/m0/s1. The van der Waals surface area contributed by atoms with Gasteiger partial charge in [0.1, 0.15) is 0 Å². The van der Waals surface area contributed by atoms with E-state index in [1.165, 1.54) is 0 Å². The summed E-state index contributed by atoms with van der Waals surface area (Å²) in [5.41, 5.74) is 0.252. The monoisotopic (exact) mass is 321 g/mol. The van der Waals surface area contributed by atoms with Crippen LogP contribution in [-0.2, 0) is 11.2 Å². The Hall–Kier alpha value is -1.86. The van der Waals surface area contributed by atoms with E-state index in [9.17, 15) is 14.7 Å². The summed E-state index contributed by atoms with van der Waals surface area (Å²) in [5.74, 6) is 0.649. The Labute approximate surface area is 132 Å². The molecule has 0 radical (unpaired) electrons. The lowest BCUT2D eigenvalue weighted by Crippen LogP contribution is -2.39. The van der Waals surface area contributed by atoms with Crippen LogP contribution in [0.1, 0.15) is 12.1 Å². The molecule has 3 N–H and O–H groups in total. The Morgan fingerprint density at radius 3 is 2.82 bits per heavy atom. The number of aromatic nitrogens is 2. The number of aliphatic hydroxyl groups is 1. The number of benzene rings is 1. The van der Waals surface area contributed by atoms with Crippen molar-refractivity contribution in [1.29, 1.82) is 0 Å². The molecule has 2 aromatic rings. The number of rotatable bonds is 7. The molecule has 118 valence electrons. The van der Waals surface area contributed by atoms with Gasteiger partial charge in [-0.1, -0.05) is 18.2 Å². The van der Waals surface area contributed by atoms with E-state index in [1.54, 1.807) is 36.0 Å². The molecule has 0 aliphatic carbocycles. The van der Waals surface area contributed by atoms with Crippen LogP contribution in [0.5, 0.6) is 0 Å². The van der Waals surface area contributed by atoms with Gasteiger partial charge in [0.25, 0.3) is 5.56 Å². The summed E-state index contributed by atoms with van der Waals surface area (Å²) < 4.78 is 0. The summed E-state index contributed by atoms with van der Waals surface area (Å²) in [5, 5.41) is 19.7. The molecule has 0 bridgehead atoms. The van der Waals surface area contributed by atoms with Crippen molar-refractivity contribution >= 4 is 28.4 Å². The van der Waals surface area contributed by atoms with E-state index >= 15 is 0 Å². The quantitative estimate of drug-likeness (QED) is 0.697. The molecule has 1 aromatic heterocycles. The van der Waals surface area contributed by atoms with Crippen molar-refractivity contribution in [2.24, 2.45) is 0 Å². The Morgan fingerprint density at radius 2 is 2.14 bits per heavy atom. The number of amides is 1. The van der Waals surface area contributed by atoms with Gasteiger partial charge < -0.3 is 10.4 Å². The van der Waals surface area contributed by atoms with E-state index in [0.717, 1.165) is 5.75 Å². The van der Waals surface area contributed by atoms with E-state index in [2.05, 4.69) is 15.5 Å². The molecule has 0 saturated heterocycles. The van der Waals surface area contributed by atoms with Crippen LogP contribution in [0.25, 0.3) is 10.8 Å². The molecular weight excluding hydrogens is 302 g/mol. The van der Waals surface area contributed by atoms with Crippen LogP contribution in [0.15, 0.2) is 29.1 Å². The number of fused-ring (bicyclic) bond motifs is 1. The van der Waals surface area contributed by atoms with Gasteiger partial charge in [-0.25, -0.2) is 5.10 Å². The van der Waals surface area contributed by atoms with Gasteiger partial charge in [-0.2, -0.15) is 16.9 Å². The Morgan fingerprint density at radius 1 is 1.41 bits per heavy atom. The maximum Gasteiger partial charge on any atom is 0.272 e. The van der Waals surface area contributed by atoms with Crippen molar-refractivity contribution < 1.29 is 9.90 Å². The van der Waals surface area contributed by atoms with Crippen molar-refractivity contribution in [3.8, 4) is 0 Å². The second kappa shape index (κ2) is 7.95. The number of carbonyl (C=O) groups is 1. The molecule has 22 heavy (non-hydrogen) atoms. The lowest BCUT2D eigenvalue weighted by atomic mass is 10.1. The largest absolute Gasteiger partial charge is 0.394 e. The lowest BCUT2D eigenvalue weighted by molar-refractivity contribution is -0.121. The molecule has 0 unspecified atom stereocenters. The number of hydrogen-bond acceptors (Lipinski definition) is 5. The minimum Gasteiger partial charge on any atom is -0.394 e. The zero-order valence-electron chi connectivity index (χ0n) is 12.3. The molecule has 2 rings (SSSR count). The highest BCUT2D eigenvalue weighted by Gasteiger charge is 2.14. The first-order valence-corrected chi connectivity index (χ1v) is 8.40. The molecular formula is C15H19N3O3S. The minimum absolute atomic E-state index is 0.0626. The van der Waals surface area contributed by atoms with E-state index in [4.69, 9.17) is 0 Å². The Bertz CT molecular complexity index is 702. The number of carbonyl (C=O) groups excluding carboxylic acids is 1. The Kier molecular flexibility index (Phi) is 5.97. The van der Waals surface area contributed by atoms with Gasteiger partial charge in [0.15, 0.2) is 0 Å². The van der Waals surface area contributed by atoms with Crippen molar-refractivity contribution in [2.75, 3.05) is 18.6 Å². The molecule has 1 heterocycles. The van der Waals surface area contributed by atoms with Crippen LogP contribution >= 0.6 is 11.8 Å². The van der Waals surface area contributed by atoms with Crippen molar-refractivity contribution in [2.45, 2.75) is 18.9 Å². The van der Waals surface area contributed by atoms with Gasteiger partial charge in [-0.05, 0) is 24.5 Å². The first-order valence-electron chi connectivity index (χ1n) is 7.01. The fraction of sp³-hybridized carbons (Fsp3) is 0.400. The molecule has 1 atom stereocenters. The number of nitrogens with zero attached hydrogens (tertiary/aromatic N) is 1. The maximum atomic E-state index is 12.1. The smallest absolute Gasteiger partial charge is 0.272 e. The highest BCUT2D eigenvalue weighted by Crippen LogP contribution is 2.12. The summed E-state index contributed by atoms with van der Waals surface area (Å²) >= 11 is 1.67. The van der Waals surface area contributed by atoms with Crippen molar-refractivity contribution in [3.63, 3.8) is 0 Å². The predicted molar refractivity (Wildman–Crippen MR) is 88.1 cm³/mol. The molecule has 0 aliphatic rings. The van der Waals surface area contributed by atoms with Gasteiger partial charge in [0.2, 0.25) is 5.91 Å². The lowest BCUT2D eigenvalue weighted by Gasteiger charge is -2.15.